The smallest absolute Gasteiger partial charge is 0.265 e. The number of amides is 2. The average molecular weight is 415 g/mol. The Labute approximate surface area is 168 Å². The number of hydrogen-bond acceptors (Lipinski definition) is 5. The number of anilines is 2. The van der Waals surface area contributed by atoms with Crippen LogP contribution in [-0.4, -0.2) is 29.9 Å². The Morgan fingerprint density at radius 1 is 1.21 bits per heavy atom. The summed E-state index contributed by atoms with van der Waals surface area (Å²) < 4.78 is 32.0. The molecule has 0 bridgehead atoms. The van der Waals surface area contributed by atoms with Gasteiger partial charge in [-0.15, -0.1) is 11.3 Å². The second-order valence-corrected chi connectivity index (χ2v) is 7.49. The summed E-state index contributed by atoms with van der Waals surface area (Å²) in [5, 5.41) is 3.00. The van der Waals surface area contributed by atoms with Crippen molar-refractivity contribution >= 4 is 34.0 Å². The molecule has 0 radical (unpaired) electrons. The number of halogens is 2. The molecule has 0 saturated heterocycles. The van der Waals surface area contributed by atoms with Crippen molar-refractivity contribution in [2.45, 2.75) is 6.42 Å². The molecular weight excluding hydrogens is 400 g/mol. The van der Waals surface area contributed by atoms with E-state index in [9.17, 15) is 18.4 Å². The number of nitrogens with one attached hydrogen (secondary N) is 1. The van der Waals surface area contributed by atoms with Crippen molar-refractivity contribution < 1.29 is 23.1 Å². The maximum absolute atomic E-state index is 13.3. The van der Waals surface area contributed by atoms with Gasteiger partial charge >= 0.3 is 0 Å². The molecule has 0 saturated carbocycles. The Bertz CT molecular complexity index is 1070. The first-order valence-corrected chi connectivity index (χ1v) is 9.51. The van der Waals surface area contributed by atoms with Crippen LogP contribution in [-0.2, 0) is 16.0 Å². The van der Waals surface area contributed by atoms with Gasteiger partial charge in [0.1, 0.15) is 23.9 Å². The zero-order valence-electron chi connectivity index (χ0n) is 15.0. The number of ether oxygens (including phenoxy) is 1. The fraction of sp³-hybridized carbons (Fsp3) is 0.150. The minimum atomic E-state index is -0.645. The van der Waals surface area contributed by atoms with Crippen LogP contribution < -0.4 is 15.0 Å². The Hall–Kier alpha value is -3.33. The number of carbonyl (C=O) groups is 2. The summed E-state index contributed by atoms with van der Waals surface area (Å²) in [6.45, 7) is -0.306. The zero-order chi connectivity index (χ0) is 20.4. The fourth-order valence-corrected chi connectivity index (χ4v) is 3.85. The SMILES string of the molecule is O=C(CN1C(=O)COc2ccccc21)Nc1ncc(Cc2cc(F)cc(F)c2)s1. The minimum Gasteiger partial charge on any atom is -0.482 e. The molecule has 9 heteroatoms. The van der Waals surface area contributed by atoms with Crippen molar-refractivity contribution in [1.82, 2.24) is 4.98 Å². The molecule has 0 aliphatic carbocycles. The number of fused-ring (bicyclic) bond motifs is 1. The number of carbonyl (C=O) groups excluding carboxylic acids is 2. The Morgan fingerprint density at radius 2 is 1.97 bits per heavy atom. The molecule has 0 atom stereocenters. The molecule has 1 aromatic heterocycles. The quantitative estimate of drug-likeness (QED) is 0.694. The lowest BCUT2D eigenvalue weighted by atomic mass is 10.1. The Kier molecular flexibility index (Phi) is 5.22. The van der Waals surface area contributed by atoms with Crippen LogP contribution in [0.4, 0.5) is 19.6 Å². The first kappa shape index (κ1) is 19.0. The van der Waals surface area contributed by atoms with Gasteiger partial charge in [-0.25, -0.2) is 13.8 Å². The predicted molar refractivity (Wildman–Crippen MR) is 104 cm³/mol. The molecule has 4 rings (SSSR count). The van der Waals surface area contributed by atoms with Crippen molar-refractivity contribution in [1.29, 1.82) is 0 Å². The van der Waals surface area contributed by atoms with E-state index in [1.807, 2.05) is 0 Å². The molecule has 2 heterocycles. The average Bonchev–Trinajstić information content (AvgIpc) is 3.10. The van der Waals surface area contributed by atoms with Crippen LogP contribution in [0.1, 0.15) is 10.4 Å². The van der Waals surface area contributed by atoms with Gasteiger partial charge in [0.05, 0.1) is 5.69 Å². The van der Waals surface area contributed by atoms with Crippen molar-refractivity contribution in [3.63, 3.8) is 0 Å². The van der Waals surface area contributed by atoms with Crippen LogP contribution >= 0.6 is 11.3 Å². The monoisotopic (exact) mass is 415 g/mol. The van der Waals surface area contributed by atoms with Crippen molar-refractivity contribution in [2.75, 3.05) is 23.4 Å². The van der Waals surface area contributed by atoms with E-state index < -0.39 is 17.5 Å². The van der Waals surface area contributed by atoms with E-state index in [4.69, 9.17) is 4.74 Å². The van der Waals surface area contributed by atoms with E-state index in [0.29, 0.717) is 22.1 Å². The number of hydrogen-bond donors (Lipinski definition) is 1. The molecule has 148 valence electrons. The topological polar surface area (TPSA) is 71.5 Å². The van der Waals surface area contributed by atoms with E-state index in [1.165, 1.54) is 34.6 Å². The lowest BCUT2D eigenvalue weighted by Crippen LogP contribution is -2.43. The van der Waals surface area contributed by atoms with Gasteiger partial charge in [0.2, 0.25) is 5.91 Å². The van der Waals surface area contributed by atoms with E-state index in [1.54, 1.807) is 24.3 Å². The molecule has 0 unspecified atom stereocenters. The predicted octanol–water partition coefficient (Wildman–Crippen LogP) is 3.38. The Morgan fingerprint density at radius 3 is 2.76 bits per heavy atom. The lowest BCUT2D eigenvalue weighted by Gasteiger charge is -2.28. The van der Waals surface area contributed by atoms with Crippen LogP contribution in [0.5, 0.6) is 5.75 Å². The molecule has 6 nitrogen and oxygen atoms in total. The molecule has 0 spiro atoms. The second-order valence-electron chi connectivity index (χ2n) is 6.37. The summed E-state index contributed by atoms with van der Waals surface area (Å²) in [5.74, 6) is -1.47. The number of para-hydroxylation sites is 2. The van der Waals surface area contributed by atoms with Crippen LogP contribution in [0.3, 0.4) is 0 Å². The maximum Gasteiger partial charge on any atom is 0.265 e. The normalized spacial score (nSPS) is 13.0. The summed E-state index contributed by atoms with van der Waals surface area (Å²) in [4.78, 5) is 30.8. The summed E-state index contributed by atoms with van der Waals surface area (Å²) in [6.07, 6.45) is 1.83. The highest BCUT2D eigenvalue weighted by Crippen LogP contribution is 2.31. The van der Waals surface area contributed by atoms with Crippen LogP contribution in [0.2, 0.25) is 0 Å². The number of nitrogens with zero attached hydrogens (tertiary/aromatic N) is 2. The number of aromatic nitrogens is 1. The highest BCUT2D eigenvalue weighted by molar-refractivity contribution is 7.15. The van der Waals surface area contributed by atoms with Gasteiger partial charge in [0.15, 0.2) is 11.7 Å². The minimum absolute atomic E-state index is 0.129. The van der Waals surface area contributed by atoms with Gasteiger partial charge < -0.3 is 10.1 Å². The van der Waals surface area contributed by atoms with Gasteiger partial charge in [-0.2, -0.15) is 0 Å². The zero-order valence-corrected chi connectivity index (χ0v) is 15.8. The molecule has 1 aliphatic rings. The van der Waals surface area contributed by atoms with Gasteiger partial charge in [-0.3, -0.25) is 14.5 Å². The van der Waals surface area contributed by atoms with Gasteiger partial charge in [-0.05, 0) is 29.8 Å². The summed E-state index contributed by atoms with van der Waals surface area (Å²) in [5.41, 5.74) is 1.01. The third kappa shape index (κ3) is 4.40. The van der Waals surface area contributed by atoms with Gasteiger partial charge in [0.25, 0.3) is 5.91 Å². The van der Waals surface area contributed by atoms with Crippen molar-refractivity contribution in [3.8, 4) is 5.75 Å². The van der Waals surface area contributed by atoms with Gasteiger partial charge in [-0.1, -0.05) is 12.1 Å². The second kappa shape index (κ2) is 7.96. The fourth-order valence-electron chi connectivity index (χ4n) is 2.99. The van der Waals surface area contributed by atoms with E-state index in [2.05, 4.69) is 10.3 Å². The van der Waals surface area contributed by atoms with E-state index in [0.717, 1.165) is 10.9 Å². The largest absolute Gasteiger partial charge is 0.482 e. The van der Waals surface area contributed by atoms with E-state index in [-0.39, 0.29) is 25.5 Å². The molecule has 1 N–H and O–H groups in total. The molecular formula is C20H15F2N3O3S. The maximum atomic E-state index is 13.3. The summed E-state index contributed by atoms with van der Waals surface area (Å²) in [7, 11) is 0. The lowest BCUT2D eigenvalue weighted by molar-refractivity contribution is -0.123. The first-order valence-electron chi connectivity index (χ1n) is 8.69. The molecule has 2 aromatic carbocycles. The molecule has 29 heavy (non-hydrogen) atoms. The molecule has 0 fully saturated rings. The van der Waals surface area contributed by atoms with Crippen molar-refractivity contribution in [2.24, 2.45) is 0 Å². The standard InChI is InChI=1S/C20H15F2N3O3S/c21-13-5-12(6-14(22)8-13)7-15-9-23-20(29-15)24-18(26)10-25-16-3-1-2-4-17(16)28-11-19(25)27/h1-6,8-9H,7,10-11H2,(H,23,24,26). The third-order valence-corrected chi connectivity index (χ3v) is 5.12. The van der Waals surface area contributed by atoms with Crippen LogP contribution in [0.25, 0.3) is 0 Å². The molecule has 2 amide bonds. The number of benzene rings is 2. The van der Waals surface area contributed by atoms with Gasteiger partial charge in [0, 0.05) is 23.6 Å². The van der Waals surface area contributed by atoms with Crippen molar-refractivity contribution in [3.05, 3.63) is 70.7 Å². The number of thiazole rings is 1. The van der Waals surface area contributed by atoms with Crippen LogP contribution in [0.15, 0.2) is 48.7 Å². The van der Waals surface area contributed by atoms with E-state index >= 15 is 0 Å². The first-order chi connectivity index (χ1) is 14.0. The Balaban J connectivity index is 1.41. The third-order valence-electron chi connectivity index (χ3n) is 4.21. The molecule has 3 aromatic rings. The van der Waals surface area contributed by atoms with Crippen LogP contribution in [0, 0.1) is 11.6 Å². The molecule has 1 aliphatic heterocycles. The summed E-state index contributed by atoms with van der Waals surface area (Å²) in [6, 6.07) is 10.3. The highest BCUT2D eigenvalue weighted by Gasteiger charge is 2.27. The summed E-state index contributed by atoms with van der Waals surface area (Å²) >= 11 is 1.20. The number of rotatable bonds is 5. The highest BCUT2D eigenvalue weighted by atomic mass is 32.1.